The van der Waals surface area contributed by atoms with Gasteiger partial charge in [0.25, 0.3) is 0 Å². The van der Waals surface area contributed by atoms with Crippen molar-refractivity contribution in [3.8, 4) is 0 Å². The van der Waals surface area contributed by atoms with Crippen LogP contribution in [0.3, 0.4) is 0 Å². The summed E-state index contributed by atoms with van der Waals surface area (Å²) < 4.78 is 5.85. The lowest BCUT2D eigenvalue weighted by molar-refractivity contribution is -0.174. The quantitative estimate of drug-likeness (QED) is 0.264. The average Bonchev–Trinajstić information content (AvgIpc) is 3.37. The Labute approximate surface area is 218 Å². The highest BCUT2D eigenvalue weighted by atomic mass is 16.5. The molecule has 1 aromatic rings. The van der Waals surface area contributed by atoms with E-state index in [0.717, 1.165) is 25.0 Å². The summed E-state index contributed by atoms with van der Waals surface area (Å²) in [5, 5.41) is 0. The molecule has 1 aromatic heterocycles. The molecule has 0 radical (unpaired) electrons. The fourth-order valence-corrected chi connectivity index (χ4v) is 9.69. The maximum absolute atomic E-state index is 12.6. The second-order valence-corrected chi connectivity index (χ2v) is 14.2. The number of nitrogens with one attached hydrogen (secondary N) is 1. The SMILES string of the molecule is CC(=O)OC1CCC2(C)C3CCC4(C)C(c5c[nH]c(C(=O)C(C)C)c5)CCC4(C)C3=CCC2C1(C)C. The number of Topliss-reactive ketones (excluding diaryl/α,β-unsaturated/α-hetero) is 1. The summed E-state index contributed by atoms with van der Waals surface area (Å²) in [4.78, 5) is 27.8. The van der Waals surface area contributed by atoms with Crippen LogP contribution in [0.1, 0.15) is 122 Å². The number of carbonyl (C=O) groups is 2. The van der Waals surface area contributed by atoms with E-state index < -0.39 is 0 Å². The molecule has 0 saturated heterocycles. The van der Waals surface area contributed by atoms with Crippen LogP contribution in [0.4, 0.5) is 0 Å². The minimum absolute atomic E-state index is 0.0117. The topological polar surface area (TPSA) is 59.2 Å². The van der Waals surface area contributed by atoms with E-state index in [9.17, 15) is 9.59 Å². The van der Waals surface area contributed by atoms with Crippen LogP contribution in [0.5, 0.6) is 0 Å². The van der Waals surface area contributed by atoms with Crippen LogP contribution < -0.4 is 0 Å². The summed E-state index contributed by atoms with van der Waals surface area (Å²) in [5.41, 5.74) is 4.42. The van der Waals surface area contributed by atoms with Crippen LogP contribution in [0, 0.1) is 39.4 Å². The Kier molecular flexibility index (Phi) is 5.97. The van der Waals surface area contributed by atoms with Crippen molar-refractivity contribution in [2.45, 2.75) is 112 Å². The van der Waals surface area contributed by atoms with E-state index in [2.05, 4.69) is 57.9 Å². The largest absolute Gasteiger partial charge is 0.462 e. The van der Waals surface area contributed by atoms with Crippen molar-refractivity contribution in [2.24, 2.45) is 39.4 Å². The molecule has 3 fully saturated rings. The third-order valence-corrected chi connectivity index (χ3v) is 12.0. The molecule has 7 unspecified atom stereocenters. The number of hydrogen-bond donors (Lipinski definition) is 1. The van der Waals surface area contributed by atoms with Crippen LogP contribution in [0.2, 0.25) is 0 Å². The van der Waals surface area contributed by atoms with E-state index in [0.29, 0.717) is 17.8 Å². The van der Waals surface area contributed by atoms with Gasteiger partial charge in [-0.25, -0.2) is 0 Å². The third-order valence-electron chi connectivity index (χ3n) is 12.0. The maximum atomic E-state index is 12.6. The van der Waals surface area contributed by atoms with Crippen LogP contribution >= 0.6 is 0 Å². The summed E-state index contributed by atoms with van der Waals surface area (Å²) in [6, 6.07) is 2.15. The molecular formula is C32H47NO3. The first-order chi connectivity index (χ1) is 16.8. The van der Waals surface area contributed by atoms with Crippen LogP contribution in [-0.2, 0) is 9.53 Å². The van der Waals surface area contributed by atoms with Crippen molar-refractivity contribution in [1.82, 2.24) is 4.98 Å². The van der Waals surface area contributed by atoms with Crippen molar-refractivity contribution in [3.05, 3.63) is 35.2 Å². The van der Waals surface area contributed by atoms with E-state index >= 15 is 0 Å². The van der Waals surface area contributed by atoms with E-state index in [-0.39, 0.29) is 45.4 Å². The molecule has 36 heavy (non-hydrogen) atoms. The normalized spacial score (nSPS) is 41.2. The Morgan fingerprint density at radius 1 is 1.00 bits per heavy atom. The highest BCUT2D eigenvalue weighted by molar-refractivity contribution is 5.96. The molecule has 5 rings (SSSR count). The zero-order valence-electron chi connectivity index (χ0n) is 23.8. The molecule has 4 aliphatic rings. The van der Waals surface area contributed by atoms with E-state index in [4.69, 9.17) is 4.74 Å². The molecule has 3 saturated carbocycles. The number of ether oxygens (including phenoxy) is 1. The lowest BCUT2D eigenvalue weighted by atomic mass is 9.41. The lowest BCUT2D eigenvalue weighted by Crippen LogP contribution is -2.58. The number of carbonyl (C=O) groups excluding carboxylic acids is 2. The van der Waals surface area contributed by atoms with E-state index in [1.165, 1.54) is 31.2 Å². The second kappa shape index (κ2) is 8.33. The number of rotatable bonds is 4. The van der Waals surface area contributed by atoms with Gasteiger partial charge < -0.3 is 9.72 Å². The van der Waals surface area contributed by atoms with Gasteiger partial charge in [0, 0.05) is 24.5 Å². The zero-order chi connectivity index (χ0) is 26.3. The molecule has 1 N–H and O–H groups in total. The van der Waals surface area contributed by atoms with Gasteiger partial charge in [-0.2, -0.15) is 0 Å². The summed E-state index contributed by atoms with van der Waals surface area (Å²) in [6.07, 6.45) is 12.8. The second-order valence-electron chi connectivity index (χ2n) is 14.2. The third kappa shape index (κ3) is 3.45. The predicted octanol–water partition coefficient (Wildman–Crippen LogP) is 7.86. The Balaban J connectivity index is 1.47. The molecule has 0 bridgehead atoms. The fourth-order valence-electron chi connectivity index (χ4n) is 9.69. The maximum Gasteiger partial charge on any atom is 0.302 e. The molecule has 4 heteroatoms. The first kappa shape index (κ1) is 25.8. The van der Waals surface area contributed by atoms with Crippen molar-refractivity contribution in [2.75, 3.05) is 0 Å². The molecular weight excluding hydrogens is 446 g/mol. The molecule has 4 aliphatic carbocycles. The van der Waals surface area contributed by atoms with Crippen molar-refractivity contribution < 1.29 is 14.3 Å². The Hall–Kier alpha value is -1.84. The molecule has 198 valence electrons. The predicted molar refractivity (Wildman–Crippen MR) is 144 cm³/mol. The minimum Gasteiger partial charge on any atom is -0.462 e. The number of aromatic amines is 1. The summed E-state index contributed by atoms with van der Waals surface area (Å²) in [6.45, 7) is 17.8. The molecule has 4 nitrogen and oxygen atoms in total. The standard InChI is InChI=1S/C32H47NO3/c1-19(2)28(35)25-17-21(18-33-25)22-11-15-32(8)24-9-10-26-29(4,5)27(36-20(3)34)13-14-30(26,6)23(24)12-16-31(22,32)7/h9,17-19,22-23,26-27,33H,10-16H2,1-8H3. The molecule has 1 heterocycles. The average molecular weight is 494 g/mol. The summed E-state index contributed by atoms with van der Waals surface area (Å²) in [5.74, 6) is 1.68. The number of esters is 1. The number of ketones is 1. The first-order valence-corrected chi connectivity index (χ1v) is 14.4. The summed E-state index contributed by atoms with van der Waals surface area (Å²) >= 11 is 0. The van der Waals surface area contributed by atoms with Gasteiger partial charge in [-0.15, -0.1) is 0 Å². The van der Waals surface area contributed by atoms with Gasteiger partial charge in [0.1, 0.15) is 6.10 Å². The highest BCUT2D eigenvalue weighted by Gasteiger charge is 2.65. The van der Waals surface area contributed by atoms with Crippen molar-refractivity contribution in [3.63, 3.8) is 0 Å². The van der Waals surface area contributed by atoms with E-state index in [1.807, 2.05) is 13.8 Å². The number of aromatic nitrogens is 1. The zero-order valence-corrected chi connectivity index (χ0v) is 23.8. The van der Waals surface area contributed by atoms with Gasteiger partial charge in [0.15, 0.2) is 5.78 Å². The van der Waals surface area contributed by atoms with Gasteiger partial charge in [-0.1, -0.05) is 60.1 Å². The number of H-pyrrole nitrogens is 1. The molecule has 0 aromatic carbocycles. The Morgan fingerprint density at radius 3 is 2.36 bits per heavy atom. The smallest absolute Gasteiger partial charge is 0.302 e. The lowest BCUT2D eigenvalue weighted by Gasteiger charge is -2.64. The Morgan fingerprint density at radius 2 is 1.69 bits per heavy atom. The summed E-state index contributed by atoms with van der Waals surface area (Å²) in [7, 11) is 0. The van der Waals surface area contributed by atoms with Crippen molar-refractivity contribution >= 4 is 11.8 Å². The number of allylic oxidation sites excluding steroid dienone is 2. The molecule has 0 spiro atoms. The molecule has 0 aliphatic heterocycles. The molecule has 7 atom stereocenters. The monoisotopic (exact) mass is 493 g/mol. The van der Waals surface area contributed by atoms with Gasteiger partial charge in [0.2, 0.25) is 0 Å². The highest BCUT2D eigenvalue weighted by Crippen LogP contribution is 2.74. The minimum atomic E-state index is -0.148. The van der Waals surface area contributed by atoms with Gasteiger partial charge in [0.05, 0.1) is 5.69 Å². The van der Waals surface area contributed by atoms with Crippen LogP contribution in [0.15, 0.2) is 23.9 Å². The Bertz CT molecular complexity index is 1090. The van der Waals surface area contributed by atoms with Crippen molar-refractivity contribution in [1.29, 1.82) is 0 Å². The van der Waals surface area contributed by atoms with Gasteiger partial charge in [-0.05, 0) is 90.6 Å². The fraction of sp³-hybridized carbons (Fsp3) is 0.750. The first-order valence-electron chi connectivity index (χ1n) is 14.4. The van der Waals surface area contributed by atoms with Crippen LogP contribution in [0.25, 0.3) is 0 Å². The van der Waals surface area contributed by atoms with E-state index in [1.54, 1.807) is 12.5 Å². The number of hydrogen-bond acceptors (Lipinski definition) is 3. The number of fused-ring (bicyclic) bond motifs is 5. The van der Waals surface area contributed by atoms with Crippen LogP contribution in [-0.4, -0.2) is 22.8 Å². The molecule has 0 amide bonds. The van der Waals surface area contributed by atoms with Gasteiger partial charge in [-0.3, -0.25) is 9.59 Å². The van der Waals surface area contributed by atoms with Gasteiger partial charge >= 0.3 is 5.97 Å².